The van der Waals surface area contributed by atoms with Gasteiger partial charge in [0.2, 0.25) is 0 Å². The monoisotopic (exact) mass is 446 g/mol. The molecule has 1 aliphatic rings. The molecule has 0 amide bonds. The third kappa shape index (κ3) is 6.16. The molecule has 4 rings (SSSR count). The molecular weight excluding hydrogens is 416 g/mol. The lowest BCUT2D eigenvalue weighted by Gasteiger charge is -2.43. The van der Waals surface area contributed by atoms with Crippen LogP contribution >= 0.6 is 0 Å². The quantitative estimate of drug-likeness (QED) is 0.460. The first kappa shape index (κ1) is 23.4. The molecule has 0 saturated heterocycles. The summed E-state index contributed by atoms with van der Waals surface area (Å²) in [4.78, 5) is 0. The smallest absolute Gasteiger partial charge is 0.134 e. The van der Waals surface area contributed by atoms with Gasteiger partial charge in [-0.1, -0.05) is 97.1 Å². The fourth-order valence-corrected chi connectivity index (χ4v) is 3.93. The second-order valence-electron chi connectivity index (χ2n) is 8.25. The van der Waals surface area contributed by atoms with E-state index in [1.807, 2.05) is 91.0 Å². The average Bonchev–Trinajstić information content (AvgIpc) is 2.88. The molecule has 0 radical (unpaired) electrons. The highest BCUT2D eigenvalue weighted by molar-refractivity contribution is 5.20. The molecule has 0 fully saturated rings. The average molecular weight is 447 g/mol. The van der Waals surface area contributed by atoms with E-state index < -0.39 is 30.5 Å². The maximum Gasteiger partial charge on any atom is 0.134 e. The molecule has 0 bridgehead atoms. The van der Waals surface area contributed by atoms with Crippen molar-refractivity contribution >= 4 is 0 Å². The van der Waals surface area contributed by atoms with Crippen LogP contribution in [0, 0.1) is 0 Å². The van der Waals surface area contributed by atoms with E-state index >= 15 is 0 Å². The summed E-state index contributed by atoms with van der Waals surface area (Å²) in [6.45, 7) is 0.513. The topological polar surface area (TPSA) is 68.2 Å². The minimum absolute atomic E-state index is 0.276. The fourth-order valence-electron chi connectivity index (χ4n) is 3.93. The van der Waals surface area contributed by atoms with Gasteiger partial charge in [0.05, 0.1) is 26.4 Å². The van der Waals surface area contributed by atoms with Gasteiger partial charge in [0, 0.05) is 0 Å². The van der Waals surface area contributed by atoms with Crippen molar-refractivity contribution in [2.24, 2.45) is 0 Å². The number of rotatable bonds is 10. The van der Waals surface area contributed by atoms with Crippen LogP contribution in [0.2, 0.25) is 0 Å². The summed E-state index contributed by atoms with van der Waals surface area (Å²) in [5.41, 5.74) is 1.43. The SMILES string of the molecule is OC[C@@]1(O)C=C[C@H](OCc2ccccc2)[C@@H](OCc2ccccc2)[C@@H]1OCc1ccccc1. The number of ether oxygens (including phenoxy) is 3. The van der Waals surface area contributed by atoms with Crippen LogP contribution in [0.25, 0.3) is 0 Å². The minimum Gasteiger partial charge on any atom is -0.393 e. The number of benzene rings is 3. The van der Waals surface area contributed by atoms with Crippen molar-refractivity contribution in [2.45, 2.75) is 43.7 Å². The maximum atomic E-state index is 11.2. The molecule has 2 N–H and O–H groups in total. The van der Waals surface area contributed by atoms with Crippen molar-refractivity contribution in [3.63, 3.8) is 0 Å². The van der Waals surface area contributed by atoms with Crippen molar-refractivity contribution in [1.29, 1.82) is 0 Å². The zero-order chi connectivity index (χ0) is 22.9. The normalized spacial score (nSPS) is 24.6. The largest absolute Gasteiger partial charge is 0.393 e. The number of aliphatic hydroxyl groups excluding tert-OH is 1. The summed E-state index contributed by atoms with van der Waals surface area (Å²) >= 11 is 0. The Balaban J connectivity index is 1.55. The Bertz CT molecular complexity index is 993. The van der Waals surface area contributed by atoms with E-state index in [-0.39, 0.29) is 6.61 Å². The molecule has 3 aromatic carbocycles. The van der Waals surface area contributed by atoms with E-state index in [2.05, 4.69) is 0 Å². The van der Waals surface area contributed by atoms with Gasteiger partial charge in [0.15, 0.2) is 0 Å². The molecule has 0 saturated carbocycles. The molecule has 33 heavy (non-hydrogen) atoms. The van der Waals surface area contributed by atoms with Gasteiger partial charge in [-0.15, -0.1) is 0 Å². The Hall–Kier alpha value is -2.80. The van der Waals surface area contributed by atoms with E-state index in [4.69, 9.17) is 14.2 Å². The molecule has 0 heterocycles. The summed E-state index contributed by atoms with van der Waals surface area (Å²) in [6, 6.07) is 29.5. The van der Waals surface area contributed by atoms with Crippen molar-refractivity contribution < 1.29 is 24.4 Å². The highest BCUT2D eigenvalue weighted by atomic mass is 16.6. The number of hydrogen-bond donors (Lipinski definition) is 2. The Morgan fingerprint density at radius 1 is 0.636 bits per heavy atom. The zero-order valence-corrected chi connectivity index (χ0v) is 18.5. The maximum absolute atomic E-state index is 11.2. The summed E-state index contributed by atoms with van der Waals surface area (Å²) < 4.78 is 18.7. The molecule has 0 aromatic heterocycles. The zero-order valence-electron chi connectivity index (χ0n) is 18.5. The van der Waals surface area contributed by atoms with Crippen LogP contribution in [-0.4, -0.2) is 40.7 Å². The van der Waals surface area contributed by atoms with E-state index in [1.54, 1.807) is 12.2 Å². The lowest BCUT2D eigenvalue weighted by Crippen LogP contribution is -2.59. The van der Waals surface area contributed by atoms with E-state index in [0.29, 0.717) is 13.2 Å². The molecule has 1 aliphatic carbocycles. The van der Waals surface area contributed by atoms with Crippen LogP contribution < -0.4 is 0 Å². The van der Waals surface area contributed by atoms with Crippen molar-refractivity contribution in [3.8, 4) is 0 Å². The Kier molecular flexibility index (Phi) is 8.05. The van der Waals surface area contributed by atoms with Crippen LogP contribution in [0.1, 0.15) is 16.7 Å². The van der Waals surface area contributed by atoms with E-state index in [0.717, 1.165) is 16.7 Å². The predicted molar refractivity (Wildman–Crippen MR) is 126 cm³/mol. The first-order chi connectivity index (χ1) is 16.2. The van der Waals surface area contributed by atoms with Crippen LogP contribution in [0.4, 0.5) is 0 Å². The van der Waals surface area contributed by atoms with Gasteiger partial charge in [0.1, 0.15) is 23.9 Å². The molecule has 5 nitrogen and oxygen atoms in total. The van der Waals surface area contributed by atoms with Crippen molar-refractivity contribution in [2.75, 3.05) is 6.61 Å². The van der Waals surface area contributed by atoms with Crippen LogP contribution in [0.5, 0.6) is 0 Å². The Morgan fingerprint density at radius 2 is 1.09 bits per heavy atom. The molecule has 172 valence electrons. The van der Waals surface area contributed by atoms with Gasteiger partial charge >= 0.3 is 0 Å². The second-order valence-corrected chi connectivity index (χ2v) is 8.25. The minimum atomic E-state index is -1.58. The molecule has 5 heteroatoms. The van der Waals surface area contributed by atoms with Gasteiger partial charge in [0.25, 0.3) is 0 Å². The summed E-state index contributed by atoms with van der Waals surface area (Å²) in [7, 11) is 0. The summed E-state index contributed by atoms with van der Waals surface area (Å²) in [5.74, 6) is 0. The van der Waals surface area contributed by atoms with Gasteiger partial charge in [-0.25, -0.2) is 0 Å². The van der Waals surface area contributed by atoms with Crippen LogP contribution in [-0.2, 0) is 34.0 Å². The van der Waals surface area contributed by atoms with E-state index in [9.17, 15) is 10.2 Å². The lowest BCUT2D eigenvalue weighted by molar-refractivity contribution is -0.204. The summed E-state index contributed by atoms with van der Waals surface area (Å²) in [6.07, 6.45) is 1.43. The third-order valence-corrected chi connectivity index (χ3v) is 5.79. The number of hydrogen-bond acceptors (Lipinski definition) is 5. The van der Waals surface area contributed by atoms with Gasteiger partial charge < -0.3 is 24.4 Å². The first-order valence-corrected chi connectivity index (χ1v) is 11.2. The molecule has 0 unspecified atom stereocenters. The molecular formula is C28H30O5. The highest BCUT2D eigenvalue weighted by Gasteiger charge is 2.47. The Morgan fingerprint density at radius 3 is 1.58 bits per heavy atom. The van der Waals surface area contributed by atoms with Gasteiger partial charge in [-0.3, -0.25) is 0 Å². The van der Waals surface area contributed by atoms with E-state index in [1.165, 1.54) is 0 Å². The van der Waals surface area contributed by atoms with Crippen LogP contribution in [0.3, 0.4) is 0 Å². The Labute approximate surface area is 194 Å². The lowest BCUT2D eigenvalue weighted by atomic mass is 9.84. The van der Waals surface area contributed by atoms with Crippen LogP contribution in [0.15, 0.2) is 103 Å². The predicted octanol–water partition coefficient (Wildman–Crippen LogP) is 4.04. The third-order valence-electron chi connectivity index (χ3n) is 5.79. The fraction of sp³-hybridized carbons (Fsp3) is 0.286. The van der Waals surface area contributed by atoms with Gasteiger partial charge in [-0.2, -0.15) is 0 Å². The molecule has 4 atom stereocenters. The molecule has 3 aromatic rings. The second kappa shape index (κ2) is 11.4. The number of aliphatic hydroxyl groups is 2. The van der Waals surface area contributed by atoms with Crippen molar-refractivity contribution in [1.82, 2.24) is 0 Å². The first-order valence-electron chi connectivity index (χ1n) is 11.2. The van der Waals surface area contributed by atoms with Gasteiger partial charge in [-0.05, 0) is 22.8 Å². The molecule has 0 spiro atoms. The standard InChI is InChI=1S/C28H30O5/c29-21-28(30)17-16-25(31-18-22-10-4-1-5-11-22)26(32-19-23-12-6-2-7-13-23)27(28)33-20-24-14-8-3-9-15-24/h1-17,25-27,29-30H,18-21H2/t25-,26+,27-,28-/m0/s1. The summed E-state index contributed by atoms with van der Waals surface area (Å²) in [5, 5.41) is 21.2. The molecule has 0 aliphatic heterocycles. The van der Waals surface area contributed by atoms with Crippen molar-refractivity contribution in [3.05, 3.63) is 120 Å². The highest BCUT2D eigenvalue weighted by Crippen LogP contribution is 2.31.